The number of carbonyl (C=O) groups is 2. The first-order valence-electron chi connectivity index (χ1n) is 16.1. The van der Waals surface area contributed by atoms with Crippen LogP contribution in [-0.4, -0.2) is 32.2 Å². The maximum absolute atomic E-state index is 13.9. The van der Waals surface area contributed by atoms with Crippen molar-refractivity contribution in [1.82, 2.24) is 0 Å². The number of hydrogen-bond acceptors (Lipinski definition) is 5. The van der Waals surface area contributed by atoms with Gasteiger partial charge in [0.2, 0.25) is 5.91 Å². The van der Waals surface area contributed by atoms with Crippen LogP contribution < -0.4 is 9.64 Å². The Bertz CT molecular complexity index is 1670. The summed E-state index contributed by atoms with van der Waals surface area (Å²) in [6, 6.07) is 29.6. The highest BCUT2D eigenvalue weighted by molar-refractivity contribution is 6.74. The van der Waals surface area contributed by atoms with Crippen LogP contribution in [-0.2, 0) is 9.22 Å². The van der Waals surface area contributed by atoms with Crippen molar-refractivity contribution < 1.29 is 28.2 Å². The molecule has 246 valence electrons. The average Bonchev–Trinajstić information content (AvgIpc) is 3.06. The zero-order valence-corrected chi connectivity index (χ0v) is 28.9. The SMILES string of the molecule is COc1ccc(C2C(CCC(O[Si](C)(C)C(C)(C)C)c3ccc(F)cc3)C(=O)N2c2ccc(C(=O)C(O)c3ccccc3)cc2)cc1. The third kappa shape index (κ3) is 7.40. The maximum Gasteiger partial charge on any atom is 0.233 e. The number of anilines is 1. The van der Waals surface area contributed by atoms with Crippen molar-refractivity contribution in [2.45, 2.75) is 70.0 Å². The molecule has 1 aliphatic heterocycles. The second-order valence-corrected chi connectivity index (χ2v) is 18.5. The smallest absolute Gasteiger partial charge is 0.233 e. The number of ketones is 1. The number of ether oxygens (including phenoxy) is 1. The Kier molecular flexibility index (Phi) is 10.1. The molecular weight excluding hydrogens is 610 g/mol. The quantitative estimate of drug-likeness (QED) is 0.0939. The average molecular weight is 654 g/mol. The van der Waals surface area contributed by atoms with E-state index < -0.39 is 20.2 Å². The molecule has 1 aliphatic rings. The van der Waals surface area contributed by atoms with Crippen LogP contribution in [0.15, 0.2) is 103 Å². The molecule has 1 heterocycles. The third-order valence-corrected chi connectivity index (χ3v) is 14.2. The number of halogens is 1. The number of nitrogens with zero attached hydrogens (tertiary/aromatic N) is 1. The van der Waals surface area contributed by atoms with Gasteiger partial charge in [0.25, 0.3) is 0 Å². The van der Waals surface area contributed by atoms with Gasteiger partial charge in [-0.15, -0.1) is 0 Å². The van der Waals surface area contributed by atoms with Gasteiger partial charge in [0.1, 0.15) is 17.7 Å². The van der Waals surface area contributed by atoms with Gasteiger partial charge in [-0.05, 0) is 96.2 Å². The molecule has 0 saturated carbocycles. The van der Waals surface area contributed by atoms with E-state index in [2.05, 4.69) is 33.9 Å². The summed E-state index contributed by atoms with van der Waals surface area (Å²) in [7, 11) is -0.579. The van der Waals surface area contributed by atoms with Gasteiger partial charge in [0, 0.05) is 11.3 Å². The van der Waals surface area contributed by atoms with E-state index in [1.165, 1.54) is 12.1 Å². The molecule has 4 unspecified atom stereocenters. The number of benzene rings is 4. The van der Waals surface area contributed by atoms with Gasteiger partial charge in [-0.25, -0.2) is 4.39 Å². The molecule has 4 atom stereocenters. The van der Waals surface area contributed by atoms with E-state index in [-0.39, 0.29) is 34.8 Å². The molecule has 0 bridgehead atoms. The highest BCUT2D eigenvalue weighted by atomic mass is 28.4. The summed E-state index contributed by atoms with van der Waals surface area (Å²) in [5, 5.41) is 10.6. The standard InChI is InChI=1S/C39H44FNO5Si/c1-39(2,3)47(5,6)46-34(26-12-18-30(40)19-13-26)25-24-33-35(27-16-22-32(45-4)23-17-27)41(38(33)44)31-20-14-29(15-21-31)37(43)36(42)28-10-8-7-9-11-28/h7-23,33-36,42H,24-25H2,1-6H3. The number of β-lactam (4-membered cyclic amide) rings is 1. The minimum Gasteiger partial charge on any atom is -0.497 e. The fourth-order valence-electron chi connectivity index (χ4n) is 5.87. The normalized spacial score (nSPS) is 18.0. The second kappa shape index (κ2) is 13.9. The molecule has 1 amide bonds. The van der Waals surface area contributed by atoms with Gasteiger partial charge in [-0.1, -0.05) is 75.4 Å². The van der Waals surface area contributed by atoms with Gasteiger partial charge in [0.05, 0.1) is 25.2 Å². The molecular formula is C39H44FNO5Si. The van der Waals surface area contributed by atoms with Crippen LogP contribution in [0.25, 0.3) is 0 Å². The number of Topliss-reactive ketones (excluding diaryl/α,β-unsaturated/α-hetero) is 1. The highest BCUT2D eigenvalue weighted by Gasteiger charge is 2.49. The zero-order valence-electron chi connectivity index (χ0n) is 27.9. The molecule has 0 spiro atoms. The summed E-state index contributed by atoms with van der Waals surface area (Å²) >= 11 is 0. The van der Waals surface area contributed by atoms with Gasteiger partial charge < -0.3 is 19.2 Å². The number of aliphatic hydroxyl groups excluding tert-OH is 1. The van der Waals surface area contributed by atoms with Crippen LogP contribution in [0.4, 0.5) is 10.1 Å². The summed E-state index contributed by atoms with van der Waals surface area (Å²) in [4.78, 5) is 28.8. The monoisotopic (exact) mass is 653 g/mol. The Labute approximate surface area is 278 Å². The Morgan fingerprint density at radius 2 is 1.51 bits per heavy atom. The lowest BCUT2D eigenvalue weighted by atomic mass is 9.78. The van der Waals surface area contributed by atoms with Gasteiger partial charge in [-0.2, -0.15) is 0 Å². The Morgan fingerprint density at radius 3 is 2.09 bits per heavy atom. The van der Waals surface area contributed by atoms with Crippen LogP contribution in [0.1, 0.15) is 78.9 Å². The summed E-state index contributed by atoms with van der Waals surface area (Å²) < 4.78 is 26.1. The van der Waals surface area contributed by atoms with Gasteiger partial charge in [0.15, 0.2) is 14.1 Å². The Hall–Kier alpha value is -4.11. The lowest BCUT2D eigenvalue weighted by Crippen LogP contribution is -2.55. The van der Waals surface area contributed by atoms with Crippen molar-refractivity contribution in [3.05, 3.63) is 131 Å². The van der Waals surface area contributed by atoms with Gasteiger partial charge in [-0.3, -0.25) is 9.59 Å². The number of carbonyl (C=O) groups excluding carboxylic acids is 2. The number of amides is 1. The molecule has 8 heteroatoms. The third-order valence-electron chi connectivity index (χ3n) is 9.69. The van der Waals surface area contributed by atoms with Crippen molar-refractivity contribution in [3.8, 4) is 5.75 Å². The topological polar surface area (TPSA) is 76.1 Å². The first-order chi connectivity index (χ1) is 22.3. The highest BCUT2D eigenvalue weighted by Crippen LogP contribution is 2.48. The maximum atomic E-state index is 13.9. The fraction of sp³-hybridized carbons (Fsp3) is 0.333. The summed E-state index contributed by atoms with van der Waals surface area (Å²) in [6.45, 7) is 11.0. The van der Waals surface area contributed by atoms with E-state index in [1.807, 2.05) is 30.3 Å². The van der Waals surface area contributed by atoms with E-state index in [9.17, 15) is 19.1 Å². The number of methoxy groups -OCH3 is 1. The van der Waals surface area contributed by atoms with E-state index in [4.69, 9.17) is 9.16 Å². The molecule has 4 aromatic rings. The molecule has 1 N–H and O–H groups in total. The van der Waals surface area contributed by atoms with Crippen molar-refractivity contribution in [2.24, 2.45) is 5.92 Å². The zero-order chi connectivity index (χ0) is 33.9. The summed E-state index contributed by atoms with van der Waals surface area (Å²) in [5.41, 5.74) is 3.43. The van der Waals surface area contributed by atoms with E-state index >= 15 is 0 Å². The van der Waals surface area contributed by atoms with Crippen LogP contribution in [0, 0.1) is 11.7 Å². The largest absolute Gasteiger partial charge is 0.497 e. The number of aliphatic hydroxyl groups is 1. The molecule has 47 heavy (non-hydrogen) atoms. The lowest BCUT2D eigenvalue weighted by Gasteiger charge is -2.48. The summed E-state index contributed by atoms with van der Waals surface area (Å²) in [5.74, 6) is -0.307. The molecule has 0 radical (unpaired) electrons. The van der Waals surface area contributed by atoms with Crippen molar-refractivity contribution in [1.29, 1.82) is 0 Å². The van der Waals surface area contributed by atoms with E-state index in [0.717, 1.165) is 16.9 Å². The molecule has 0 aliphatic carbocycles. The predicted molar refractivity (Wildman–Crippen MR) is 186 cm³/mol. The lowest BCUT2D eigenvalue weighted by molar-refractivity contribution is -0.131. The molecule has 5 rings (SSSR count). The van der Waals surface area contributed by atoms with Crippen LogP contribution in [0.3, 0.4) is 0 Å². The van der Waals surface area contributed by atoms with E-state index in [1.54, 1.807) is 72.7 Å². The van der Waals surface area contributed by atoms with Crippen LogP contribution >= 0.6 is 0 Å². The number of hydrogen-bond donors (Lipinski definition) is 1. The van der Waals surface area contributed by atoms with E-state index in [0.29, 0.717) is 29.7 Å². The second-order valence-electron chi connectivity index (χ2n) is 13.8. The predicted octanol–water partition coefficient (Wildman–Crippen LogP) is 9.00. The van der Waals surface area contributed by atoms with Crippen molar-refractivity contribution >= 4 is 25.7 Å². The van der Waals surface area contributed by atoms with Crippen molar-refractivity contribution in [3.63, 3.8) is 0 Å². The first kappa shape index (κ1) is 34.2. The van der Waals surface area contributed by atoms with Crippen molar-refractivity contribution in [2.75, 3.05) is 12.0 Å². The van der Waals surface area contributed by atoms with Gasteiger partial charge >= 0.3 is 0 Å². The minimum atomic E-state index is -2.20. The Morgan fingerprint density at radius 1 is 0.894 bits per heavy atom. The van der Waals surface area contributed by atoms with Crippen LogP contribution in [0.2, 0.25) is 18.1 Å². The molecule has 1 fully saturated rings. The Balaban J connectivity index is 1.40. The molecule has 6 nitrogen and oxygen atoms in total. The fourth-order valence-corrected chi connectivity index (χ4v) is 7.18. The molecule has 0 aromatic heterocycles. The minimum absolute atomic E-state index is 0.0144. The van der Waals surface area contributed by atoms with Crippen LogP contribution in [0.5, 0.6) is 5.75 Å². The molecule has 4 aromatic carbocycles. The first-order valence-corrected chi connectivity index (χ1v) is 19.0. The molecule has 1 saturated heterocycles. The number of rotatable bonds is 12. The summed E-state index contributed by atoms with van der Waals surface area (Å²) in [6.07, 6.45) is -0.384.